The summed E-state index contributed by atoms with van der Waals surface area (Å²) in [6.07, 6.45) is 5.45. The molecule has 1 atom stereocenters. The Morgan fingerprint density at radius 2 is 1.88 bits per heavy atom. The number of ether oxygens (including phenoxy) is 3. The zero-order valence-corrected chi connectivity index (χ0v) is 19.6. The van der Waals surface area contributed by atoms with Gasteiger partial charge in [0.05, 0.1) is 24.8 Å². The number of hydrogen-bond donors (Lipinski definition) is 1. The van der Waals surface area contributed by atoms with Gasteiger partial charge in [-0.15, -0.1) is 17.8 Å². The number of carbonyl (C=O) groups is 1. The van der Waals surface area contributed by atoms with Gasteiger partial charge in [0.2, 0.25) is 15.7 Å². The van der Waals surface area contributed by atoms with Crippen molar-refractivity contribution in [3.63, 3.8) is 0 Å². The molecule has 3 aromatic rings. The number of nitrogens with one attached hydrogen (secondary N) is 1. The molecule has 0 bridgehead atoms. The molecule has 0 fully saturated rings. The Balaban J connectivity index is 1.74. The first kappa shape index (κ1) is 22.7. The van der Waals surface area contributed by atoms with Crippen molar-refractivity contribution in [1.29, 1.82) is 0 Å². The van der Waals surface area contributed by atoms with Gasteiger partial charge in [-0.1, -0.05) is 12.0 Å². The standard InChI is InChI=1S/C24H21NO6S2/c1-4-11-31-19-10-5-15(12-20(19)30-3)18-13-22(26)25-23-21(14-32-24(18)23)33(27,28)17-8-6-16(29-2)7-9-17/h1,5-10,12,14,18H,11,13H2,2-3H3,(H,25,26). The molecule has 33 heavy (non-hydrogen) atoms. The molecule has 0 aliphatic carbocycles. The van der Waals surface area contributed by atoms with Gasteiger partial charge in [0.1, 0.15) is 17.3 Å². The Morgan fingerprint density at radius 1 is 1.12 bits per heavy atom. The lowest BCUT2D eigenvalue weighted by Crippen LogP contribution is -2.23. The van der Waals surface area contributed by atoms with Crippen molar-refractivity contribution in [2.75, 3.05) is 26.1 Å². The average molecular weight is 484 g/mol. The van der Waals surface area contributed by atoms with E-state index < -0.39 is 9.84 Å². The van der Waals surface area contributed by atoms with E-state index in [0.717, 1.165) is 10.4 Å². The van der Waals surface area contributed by atoms with E-state index in [9.17, 15) is 13.2 Å². The number of benzene rings is 2. The van der Waals surface area contributed by atoms with Gasteiger partial charge in [-0.05, 0) is 42.0 Å². The van der Waals surface area contributed by atoms with Crippen LogP contribution < -0.4 is 19.5 Å². The summed E-state index contributed by atoms with van der Waals surface area (Å²) in [5, 5.41) is 4.34. The maximum absolute atomic E-state index is 13.3. The molecule has 1 unspecified atom stereocenters. The van der Waals surface area contributed by atoms with Crippen LogP contribution in [-0.2, 0) is 14.6 Å². The van der Waals surface area contributed by atoms with Gasteiger partial charge in [-0.3, -0.25) is 4.79 Å². The maximum atomic E-state index is 13.3. The second-order valence-electron chi connectivity index (χ2n) is 7.23. The number of terminal acetylenes is 1. The quantitative estimate of drug-likeness (QED) is 0.509. The molecule has 0 saturated heterocycles. The van der Waals surface area contributed by atoms with Crippen molar-refractivity contribution in [2.45, 2.75) is 22.1 Å². The highest BCUT2D eigenvalue weighted by atomic mass is 32.2. The van der Waals surface area contributed by atoms with Gasteiger partial charge >= 0.3 is 0 Å². The first-order chi connectivity index (χ1) is 15.9. The fourth-order valence-electron chi connectivity index (χ4n) is 3.69. The molecule has 4 rings (SSSR count). The minimum Gasteiger partial charge on any atom is -0.497 e. The number of rotatable bonds is 7. The summed E-state index contributed by atoms with van der Waals surface area (Å²) in [6.45, 7) is 0.100. The Morgan fingerprint density at radius 3 is 2.55 bits per heavy atom. The molecular weight excluding hydrogens is 462 g/mol. The van der Waals surface area contributed by atoms with Crippen LogP contribution in [0.15, 0.2) is 57.6 Å². The SMILES string of the molecule is C#CCOc1ccc(C2CC(=O)Nc3c(S(=O)(=O)c4ccc(OC)cc4)csc32)cc1OC. The Bertz CT molecular complexity index is 1340. The number of thiophene rings is 1. The molecule has 7 nitrogen and oxygen atoms in total. The van der Waals surface area contributed by atoms with Crippen LogP contribution in [0.4, 0.5) is 5.69 Å². The zero-order chi connectivity index (χ0) is 23.6. The van der Waals surface area contributed by atoms with E-state index in [2.05, 4.69) is 11.2 Å². The number of carbonyl (C=O) groups excluding carboxylic acids is 1. The Labute approximate surface area is 196 Å². The summed E-state index contributed by atoms with van der Waals surface area (Å²) in [6, 6.07) is 11.5. The topological polar surface area (TPSA) is 90.9 Å². The summed E-state index contributed by atoms with van der Waals surface area (Å²) in [5.74, 6) is 3.36. The van der Waals surface area contributed by atoms with Crippen LogP contribution in [0.5, 0.6) is 17.2 Å². The van der Waals surface area contributed by atoms with Crippen LogP contribution in [0.1, 0.15) is 22.8 Å². The molecule has 2 heterocycles. The lowest BCUT2D eigenvalue weighted by atomic mass is 9.90. The third-order valence-electron chi connectivity index (χ3n) is 5.32. The van der Waals surface area contributed by atoms with Crippen molar-refractivity contribution in [3.05, 3.63) is 58.3 Å². The summed E-state index contributed by atoms with van der Waals surface area (Å²) in [4.78, 5) is 13.5. The summed E-state index contributed by atoms with van der Waals surface area (Å²) in [7, 11) is -0.814. The molecule has 0 radical (unpaired) electrons. The number of hydrogen-bond acceptors (Lipinski definition) is 7. The summed E-state index contributed by atoms with van der Waals surface area (Å²) >= 11 is 1.30. The van der Waals surface area contributed by atoms with E-state index in [1.165, 1.54) is 37.7 Å². The molecule has 1 aromatic heterocycles. The molecule has 0 saturated carbocycles. The van der Waals surface area contributed by atoms with Crippen molar-refractivity contribution in [1.82, 2.24) is 0 Å². The third kappa shape index (κ3) is 4.27. The Kier molecular flexibility index (Phi) is 6.31. The van der Waals surface area contributed by atoms with E-state index in [4.69, 9.17) is 20.6 Å². The molecule has 1 aliphatic rings. The van der Waals surface area contributed by atoms with E-state index in [1.54, 1.807) is 29.6 Å². The molecule has 0 spiro atoms. The number of fused-ring (bicyclic) bond motifs is 1. The van der Waals surface area contributed by atoms with Crippen LogP contribution >= 0.6 is 11.3 Å². The number of methoxy groups -OCH3 is 2. The molecule has 1 N–H and O–H groups in total. The van der Waals surface area contributed by atoms with Gasteiger partial charge in [0.15, 0.2) is 11.5 Å². The minimum atomic E-state index is -3.84. The molecule has 1 amide bonds. The summed E-state index contributed by atoms with van der Waals surface area (Å²) in [5.41, 5.74) is 1.13. The van der Waals surface area contributed by atoms with Gasteiger partial charge in [0.25, 0.3) is 0 Å². The second kappa shape index (κ2) is 9.17. The number of amides is 1. The predicted molar refractivity (Wildman–Crippen MR) is 125 cm³/mol. The van der Waals surface area contributed by atoms with Crippen LogP contribution in [-0.4, -0.2) is 35.2 Å². The van der Waals surface area contributed by atoms with Crippen LogP contribution in [0, 0.1) is 12.3 Å². The maximum Gasteiger partial charge on any atom is 0.225 e. The van der Waals surface area contributed by atoms with Crippen molar-refractivity contribution >= 4 is 32.8 Å². The number of sulfone groups is 1. The largest absolute Gasteiger partial charge is 0.497 e. The van der Waals surface area contributed by atoms with Crippen molar-refractivity contribution in [3.8, 4) is 29.6 Å². The third-order valence-corrected chi connectivity index (χ3v) is 8.36. The van der Waals surface area contributed by atoms with Crippen molar-refractivity contribution < 1.29 is 27.4 Å². The monoisotopic (exact) mass is 483 g/mol. The van der Waals surface area contributed by atoms with Crippen LogP contribution in [0.3, 0.4) is 0 Å². The molecule has 9 heteroatoms. The zero-order valence-electron chi connectivity index (χ0n) is 18.0. The Hall–Kier alpha value is -3.48. The van der Waals surface area contributed by atoms with Gasteiger partial charge in [-0.2, -0.15) is 0 Å². The van der Waals surface area contributed by atoms with E-state index in [1.807, 2.05) is 6.07 Å². The van der Waals surface area contributed by atoms with Crippen molar-refractivity contribution in [2.24, 2.45) is 0 Å². The minimum absolute atomic E-state index is 0.0756. The fourth-order valence-corrected chi connectivity index (χ4v) is 6.60. The van der Waals surface area contributed by atoms with E-state index >= 15 is 0 Å². The molecule has 2 aromatic carbocycles. The predicted octanol–water partition coefficient (Wildman–Crippen LogP) is 4.08. The van der Waals surface area contributed by atoms with Gasteiger partial charge in [-0.25, -0.2) is 8.42 Å². The highest BCUT2D eigenvalue weighted by Gasteiger charge is 2.34. The lowest BCUT2D eigenvalue weighted by Gasteiger charge is -2.24. The average Bonchev–Trinajstić information content (AvgIpc) is 3.26. The smallest absolute Gasteiger partial charge is 0.225 e. The van der Waals surface area contributed by atoms with Crippen LogP contribution in [0.25, 0.3) is 0 Å². The second-order valence-corrected chi connectivity index (χ2v) is 10.1. The van der Waals surface area contributed by atoms with E-state index in [-0.39, 0.29) is 34.6 Å². The van der Waals surface area contributed by atoms with Gasteiger partial charge in [0, 0.05) is 22.6 Å². The molecule has 1 aliphatic heterocycles. The highest BCUT2D eigenvalue weighted by Crippen LogP contribution is 2.47. The highest BCUT2D eigenvalue weighted by molar-refractivity contribution is 7.91. The molecular formula is C24H21NO6S2. The normalized spacial score (nSPS) is 15.2. The lowest BCUT2D eigenvalue weighted by molar-refractivity contribution is -0.116. The van der Waals surface area contributed by atoms with Crippen LogP contribution in [0.2, 0.25) is 0 Å². The first-order valence-electron chi connectivity index (χ1n) is 9.93. The fraction of sp³-hybridized carbons (Fsp3) is 0.208. The number of anilines is 1. The summed E-state index contributed by atoms with van der Waals surface area (Å²) < 4.78 is 42.7. The first-order valence-corrected chi connectivity index (χ1v) is 12.3. The van der Waals surface area contributed by atoms with Gasteiger partial charge < -0.3 is 19.5 Å². The molecule has 170 valence electrons. The van der Waals surface area contributed by atoms with E-state index in [0.29, 0.717) is 22.9 Å².